The molecule has 0 saturated heterocycles. The number of ether oxygens (including phenoxy) is 2. The lowest BCUT2D eigenvalue weighted by molar-refractivity contribution is 0.0731. The van der Waals surface area contributed by atoms with Crippen molar-refractivity contribution in [1.82, 2.24) is 19.4 Å². The summed E-state index contributed by atoms with van der Waals surface area (Å²) in [4.78, 5) is 21.7. The summed E-state index contributed by atoms with van der Waals surface area (Å²) >= 11 is 0. The molecule has 1 aromatic heterocycles. The van der Waals surface area contributed by atoms with Crippen LogP contribution in [0, 0.1) is 0 Å². The number of hydrogen-bond donors (Lipinski definition) is 0. The van der Waals surface area contributed by atoms with Gasteiger partial charge in [-0.15, -0.1) is 0 Å². The third-order valence-electron chi connectivity index (χ3n) is 6.02. The molecule has 3 aromatic rings. The van der Waals surface area contributed by atoms with Gasteiger partial charge < -0.3 is 23.8 Å². The summed E-state index contributed by atoms with van der Waals surface area (Å²) in [5.41, 5.74) is 3.88. The van der Waals surface area contributed by atoms with E-state index in [0.717, 1.165) is 55.7 Å². The molecule has 0 N–H and O–H groups in total. The van der Waals surface area contributed by atoms with Gasteiger partial charge in [-0.05, 0) is 50.7 Å². The van der Waals surface area contributed by atoms with Gasteiger partial charge in [-0.3, -0.25) is 4.79 Å². The molecule has 1 aliphatic rings. The summed E-state index contributed by atoms with van der Waals surface area (Å²) in [6.07, 6.45) is 3.63. The number of methoxy groups -OCH3 is 2. The normalized spacial score (nSPS) is 13.7. The van der Waals surface area contributed by atoms with Crippen molar-refractivity contribution in [2.24, 2.45) is 0 Å². The van der Waals surface area contributed by atoms with E-state index in [2.05, 4.69) is 27.6 Å². The third-order valence-corrected chi connectivity index (χ3v) is 6.02. The van der Waals surface area contributed by atoms with Crippen molar-refractivity contribution < 1.29 is 14.3 Å². The van der Waals surface area contributed by atoms with Crippen molar-refractivity contribution >= 4 is 16.9 Å². The second-order valence-electron chi connectivity index (χ2n) is 7.95. The minimum Gasteiger partial charge on any atom is -0.493 e. The number of fused-ring (bicyclic) bond motifs is 2. The molecule has 2 aromatic carbocycles. The van der Waals surface area contributed by atoms with Gasteiger partial charge in [0.25, 0.3) is 5.91 Å². The van der Waals surface area contributed by atoms with Crippen molar-refractivity contribution in [2.75, 3.05) is 47.4 Å². The number of amides is 1. The molecule has 0 atom stereocenters. The maximum Gasteiger partial charge on any atom is 0.254 e. The molecule has 0 spiro atoms. The Labute approximate surface area is 183 Å². The SMILES string of the molecule is COc1ccc2c(c1OC)CCN(CCCN(C)CCn1cnc3ccccc31)C2=O. The average molecular weight is 423 g/mol. The molecule has 0 aliphatic carbocycles. The van der Waals surface area contributed by atoms with E-state index in [4.69, 9.17) is 9.47 Å². The fraction of sp³-hybridized carbons (Fsp3) is 0.417. The van der Waals surface area contributed by atoms with Gasteiger partial charge in [0, 0.05) is 37.3 Å². The van der Waals surface area contributed by atoms with E-state index in [1.54, 1.807) is 14.2 Å². The van der Waals surface area contributed by atoms with Crippen LogP contribution in [-0.4, -0.2) is 72.7 Å². The molecule has 1 aliphatic heterocycles. The maximum absolute atomic E-state index is 13.0. The number of benzene rings is 2. The van der Waals surface area contributed by atoms with E-state index in [0.29, 0.717) is 18.0 Å². The van der Waals surface area contributed by atoms with Crippen molar-refractivity contribution in [1.29, 1.82) is 0 Å². The lowest BCUT2D eigenvalue weighted by atomic mass is 9.97. The number of nitrogens with zero attached hydrogens (tertiary/aromatic N) is 4. The van der Waals surface area contributed by atoms with Gasteiger partial charge in [-0.25, -0.2) is 4.98 Å². The number of hydrogen-bond acceptors (Lipinski definition) is 5. The Bertz CT molecular complexity index is 1060. The highest BCUT2D eigenvalue weighted by atomic mass is 16.5. The highest BCUT2D eigenvalue weighted by Crippen LogP contribution is 2.36. The highest BCUT2D eigenvalue weighted by Gasteiger charge is 2.28. The first kappa shape index (κ1) is 21.2. The van der Waals surface area contributed by atoms with Gasteiger partial charge in [0.2, 0.25) is 0 Å². The van der Waals surface area contributed by atoms with E-state index in [-0.39, 0.29) is 5.91 Å². The number of para-hydroxylation sites is 2. The van der Waals surface area contributed by atoms with Crippen molar-refractivity contribution in [3.63, 3.8) is 0 Å². The van der Waals surface area contributed by atoms with E-state index in [1.807, 2.05) is 41.6 Å². The van der Waals surface area contributed by atoms with Crippen LogP contribution >= 0.6 is 0 Å². The van der Waals surface area contributed by atoms with Crippen molar-refractivity contribution in [2.45, 2.75) is 19.4 Å². The second kappa shape index (κ2) is 9.39. The first-order valence-electron chi connectivity index (χ1n) is 10.7. The lowest BCUT2D eigenvalue weighted by Crippen LogP contribution is -2.39. The number of rotatable bonds is 9. The number of likely N-dealkylation sites (N-methyl/N-ethyl adjacent to an activating group) is 1. The van der Waals surface area contributed by atoms with Crippen LogP contribution in [0.1, 0.15) is 22.3 Å². The maximum atomic E-state index is 13.0. The Hall–Kier alpha value is -3.06. The zero-order chi connectivity index (χ0) is 21.8. The van der Waals surface area contributed by atoms with Crippen LogP contribution in [0.4, 0.5) is 0 Å². The van der Waals surface area contributed by atoms with Gasteiger partial charge in [0.1, 0.15) is 0 Å². The molecule has 2 heterocycles. The number of carbonyl (C=O) groups excluding carboxylic acids is 1. The van der Waals surface area contributed by atoms with Crippen LogP contribution in [0.5, 0.6) is 11.5 Å². The molecular formula is C24H30N4O3. The fourth-order valence-corrected chi connectivity index (χ4v) is 4.28. The Morgan fingerprint density at radius 1 is 1.06 bits per heavy atom. The molecule has 0 bridgehead atoms. The summed E-state index contributed by atoms with van der Waals surface area (Å²) < 4.78 is 13.1. The fourth-order valence-electron chi connectivity index (χ4n) is 4.28. The molecule has 0 unspecified atom stereocenters. The predicted octanol–water partition coefficient (Wildman–Crippen LogP) is 3.07. The first-order chi connectivity index (χ1) is 15.1. The smallest absolute Gasteiger partial charge is 0.254 e. The monoisotopic (exact) mass is 422 g/mol. The number of imidazole rings is 1. The van der Waals surface area contributed by atoms with Crippen LogP contribution in [0.3, 0.4) is 0 Å². The van der Waals surface area contributed by atoms with Crippen LogP contribution in [-0.2, 0) is 13.0 Å². The highest BCUT2D eigenvalue weighted by molar-refractivity contribution is 5.97. The molecule has 0 saturated carbocycles. The van der Waals surface area contributed by atoms with Crippen LogP contribution in [0.15, 0.2) is 42.7 Å². The zero-order valence-electron chi connectivity index (χ0n) is 18.5. The standard InChI is InChI=1S/C24H30N4O3/c1-26(15-16-28-17-25-20-7-4-5-8-21(20)28)12-6-13-27-14-11-18-19(24(27)29)9-10-22(30-2)23(18)31-3/h4-5,7-10,17H,6,11-16H2,1-3H3. The summed E-state index contributed by atoms with van der Waals surface area (Å²) in [6.45, 7) is 4.24. The van der Waals surface area contributed by atoms with E-state index in [1.165, 1.54) is 5.52 Å². The van der Waals surface area contributed by atoms with Gasteiger partial charge in [0.05, 0.1) is 31.6 Å². The Morgan fingerprint density at radius 2 is 1.90 bits per heavy atom. The van der Waals surface area contributed by atoms with E-state index >= 15 is 0 Å². The van der Waals surface area contributed by atoms with Crippen molar-refractivity contribution in [3.8, 4) is 11.5 Å². The minimum atomic E-state index is 0.0785. The molecule has 31 heavy (non-hydrogen) atoms. The summed E-state index contributed by atoms with van der Waals surface area (Å²) in [6, 6.07) is 11.9. The summed E-state index contributed by atoms with van der Waals surface area (Å²) in [5.74, 6) is 1.43. The molecule has 7 nitrogen and oxygen atoms in total. The van der Waals surface area contributed by atoms with Crippen LogP contribution in [0.25, 0.3) is 11.0 Å². The molecule has 1 amide bonds. The summed E-state index contributed by atoms with van der Waals surface area (Å²) in [5, 5.41) is 0. The second-order valence-corrected chi connectivity index (χ2v) is 7.95. The largest absolute Gasteiger partial charge is 0.493 e. The Balaban J connectivity index is 1.28. The van der Waals surface area contributed by atoms with E-state index in [9.17, 15) is 4.79 Å². The minimum absolute atomic E-state index is 0.0785. The Kier molecular flexibility index (Phi) is 6.42. The van der Waals surface area contributed by atoms with Gasteiger partial charge in [-0.2, -0.15) is 0 Å². The molecule has 7 heteroatoms. The average Bonchev–Trinajstić information content (AvgIpc) is 3.21. The summed E-state index contributed by atoms with van der Waals surface area (Å²) in [7, 11) is 5.37. The zero-order valence-corrected chi connectivity index (χ0v) is 18.5. The van der Waals surface area contributed by atoms with Crippen molar-refractivity contribution in [3.05, 3.63) is 53.9 Å². The van der Waals surface area contributed by atoms with Gasteiger partial charge in [0.15, 0.2) is 11.5 Å². The predicted molar refractivity (Wildman–Crippen MR) is 121 cm³/mol. The van der Waals surface area contributed by atoms with E-state index < -0.39 is 0 Å². The van der Waals surface area contributed by atoms with Gasteiger partial charge in [-0.1, -0.05) is 12.1 Å². The molecule has 0 radical (unpaired) electrons. The lowest BCUT2D eigenvalue weighted by Gasteiger charge is -2.30. The number of carbonyl (C=O) groups is 1. The first-order valence-corrected chi connectivity index (χ1v) is 10.7. The van der Waals surface area contributed by atoms with Gasteiger partial charge >= 0.3 is 0 Å². The number of aromatic nitrogens is 2. The van der Waals surface area contributed by atoms with Crippen LogP contribution < -0.4 is 9.47 Å². The molecule has 164 valence electrons. The third kappa shape index (κ3) is 4.37. The molecule has 4 rings (SSSR count). The topological polar surface area (TPSA) is 59.8 Å². The van der Waals surface area contributed by atoms with Crippen LogP contribution in [0.2, 0.25) is 0 Å². The molecular weight excluding hydrogens is 392 g/mol. The Morgan fingerprint density at radius 3 is 2.71 bits per heavy atom. The quantitative estimate of drug-likeness (QED) is 0.530. The molecule has 0 fully saturated rings.